The Balaban J connectivity index is 2.33. The third-order valence-electron chi connectivity index (χ3n) is 3.99. The lowest BCUT2D eigenvalue weighted by atomic mass is 10.1. The van der Waals surface area contributed by atoms with Crippen molar-refractivity contribution < 1.29 is 5.11 Å². The molecule has 1 fully saturated rings. The van der Waals surface area contributed by atoms with Crippen LogP contribution >= 0.6 is 0 Å². The number of hydrogen-bond acceptors (Lipinski definition) is 3. The first-order valence-corrected chi connectivity index (χ1v) is 7.29. The standard InChI is InChI=1S/C16H26N2O/c1-4-14-7-5-6-8-16(14)18-10-13(2)9-17(3)11-15(18)12-19/h5-8,13,15,19H,4,9-12H2,1-3H3. The van der Waals surface area contributed by atoms with Gasteiger partial charge in [0.2, 0.25) is 0 Å². The van der Waals surface area contributed by atoms with Gasteiger partial charge in [-0.1, -0.05) is 32.0 Å². The minimum atomic E-state index is 0.197. The van der Waals surface area contributed by atoms with Gasteiger partial charge >= 0.3 is 0 Å². The summed E-state index contributed by atoms with van der Waals surface area (Å²) >= 11 is 0. The molecule has 1 saturated heterocycles. The predicted molar refractivity (Wildman–Crippen MR) is 80.7 cm³/mol. The quantitative estimate of drug-likeness (QED) is 0.902. The fraction of sp³-hybridized carbons (Fsp3) is 0.625. The van der Waals surface area contributed by atoms with Crippen molar-refractivity contribution in [3.8, 4) is 0 Å². The molecule has 0 spiro atoms. The first-order valence-electron chi connectivity index (χ1n) is 7.29. The molecule has 1 heterocycles. The average Bonchev–Trinajstić information content (AvgIpc) is 2.56. The molecule has 3 nitrogen and oxygen atoms in total. The Bertz CT molecular complexity index is 407. The second-order valence-electron chi connectivity index (χ2n) is 5.80. The van der Waals surface area contributed by atoms with Crippen LogP contribution in [0.15, 0.2) is 24.3 Å². The van der Waals surface area contributed by atoms with Crippen LogP contribution in [0, 0.1) is 5.92 Å². The molecule has 0 saturated carbocycles. The van der Waals surface area contributed by atoms with Gasteiger partial charge in [0.25, 0.3) is 0 Å². The van der Waals surface area contributed by atoms with E-state index in [1.807, 2.05) is 0 Å². The highest BCUT2D eigenvalue weighted by atomic mass is 16.3. The van der Waals surface area contributed by atoms with Crippen molar-refractivity contribution in [2.75, 3.05) is 38.2 Å². The van der Waals surface area contributed by atoms with E-state index in [1.165, 1.54) is 11.3 Å². The Labute approximate surface area is 116 Å². The van der Waals surface area contributed by atoms with Crippen LogP contribution in [0.5, 0.6) is 0 Å². The molecule has 2 unspecified atom stereocenters. The summed E-state index contributed by atoms with van der Waals surface area (Å²) in [6, 6.07) is 8.79. The summed E-state index contributed by atoms with van der Waals surface area (Å²) < 4.78 is 0. The van der Waals surface area contributed by atoms with Crippen LogP contribution in [0.3, 0.4) is 0 Å². The molecular formula is C16H26N2O. The van der Waals surface area contributed by atoms with E-state index >= 15 is 0 Å². The van der Waals surface area contributed by atoms with Crippen molar-refractivity contribution >= 4 is 5.69 Å². The van der Waals surface area contributed by atoms with E-state index in [9.17, 15) is 5.11 Å². The molecule has 1 aromatic carbocycles. The number of rotatable bonds is 3. The first kappa shape index (κ1) is 14.4. The topological polar surface area (TPSA) is 26.7 Å². The van der Waals surface area contributed by atoms with Crippen LogP contribution in [0.25, 0.3) is 0 Å². The van der Waals surface area contributed by atoms with Gasteiger partial charge < -0.3 is 14.9 Å². The lowest BCUT2D eigenvalue weighted by Crippen LogP contribution is -2.43. The highest BCUT2D eigenvalue weighted by molar-refractivity contribution is 5.55. The zero-order chi connectivity index (χ0) is 13.8. The lowest BCUT2D eigenvalue weighted by molar-refractivity contribution is 0.226. The fourth-order valence-electron chi connectivity index (χ4n) is 3.15. The van der Waals surface area contributed by atoms with E-state index in [2.05, 4.69) is 55.0 Å². The molecule has 0 radical (unpaired) electrons. The Morgan fingerprint density at radius 3 is 2.63 bits per heavy atom. The highest BCUT2D eigenvalue weighted by Crippen LogP contribution is 2.26. The predicted octanol–water partition coefficient (Wildman–Crippen LogP) is 2.00. The van der Waals surface area contributed by atoms with Crippen molar-refractivity contribution in [2.45, 2.75) is 26.3 Å². The van der Waals surface area contributed by atoms with Crippen LogP contribution in [0.1, 0.15) is 19.4 Å². The van der Waals surface area contributed by atoms with Gasteiger partial charge in [0.15, 0.2) is 0 Å². The van der Waals surface area contributed by atoms with Crippen LogP contribution in [0.2, 0.25) is 0 Å². The molecule has 19 heavy (non-hydrogen) atoms. The van der Waals surface area contributed by atoms with Crippen molar-refractivity contribution in [3.05, 3.63) is 29.8 Å². The van der Waals surface area contributed by atoms with Gasteiger partial charge in [0, 0.05) is 25.3 Å². The summed E-state index contributed by atoms with van der Waals surface area (Å²) in [5, 5.41) is 9.75. The van der Waals surface area contributed by atoms with Crippen LogP contribution in [-0.4, -0.2) is 49.3 Å². The summed E-state index contributed by atoms with van der Waals surface area (Å²) in [6.07, 6.45) is 1.04. The number of nitrogens with zero attached hydrogens (tertiary/aromatic N) is 2. The molecule has 2 rings (SSSR count). The van der Waals surface area contributed by atoms with Crippen molar-refractivity contribution in [2.24, 2.45) is 5.92 Å². The summed E-state index contributed by atoms with van der Waals surface area (Å²) in [7, 11) is 2.15. The molecule has 1 aliphatic rings. The van der Waals surface area contributed by atoms with Gasteiger partial charge in [0.05, 0.1) is 12.6 Å². The smallest absolute Gasteiger partial charge is 0.0648 e. The second-order valence-corrected chi connectivity index (χ2v) is 5.80. The molecule has 3 heteroatoms. The zero-order valence-electron chi connectivity index (χ0n) is 12.3. The van der Waals surface area contributed by atoms with Crippen LogP contribution < -0.4 is 4.90 Å². The number of aliphatic hydroxyl groups excluding tert-OH is 1. The first-order chi connectivity index (χ1) is 9.15. The SMILES string of the molecule is CCc1ccccc1N1CC(C)CN(C)CC1CO. The van der Waals surface area contributed by atoms with E-state index in [0.29, 0.717) is 5.92 Å². The maximum Gasteiger partial charge on any atom is 0.0648 e. The number of likely N-dealkylation sites (N-methyl/N-ethyl adjacent to an activating group) is 1. The van der Waals surface area contributed by atoms with Gasteiger partial charge in [-0.25, -0.2) is 0 Å². The lowest BCUT2D eigenvalue weighted by Gasteiger charge is -2.33. The fourth-order valence-corrected chi connectivity index (χ4v) is 3.15. The molecular weight excluding hydrogens is 236 g/mol. The minimum Gasteiger partial charge on any atom is -0.394 e. The van der Waals surface area contributed by atoms with Crippen molar-refractivity contribution in [3.63, 3.8) is 0 Å². The molecule has 1 N–H and O–H groups in total. The maximum absolute atomic E-state index is 9.75. The molecule has 1 aromatic rings. The van der Waals surface area contributed by atoms with Crippen LogP contribution in [0.4, 0.5) is 5.69 Å². The molecule has 106 valence electrons. The Hall–Kier alpha value is -1.06. The van der Waals surface area contributed by atoms with Crippen molar-refractivity contribution in [1.82, 2.24) is 4.90 Å². The van der Waals surface area contributed by atoms with E-state index < -0.39 is 0 Å². The van der Waals surface area contributed by atoms with Gasteiger partial charge in [-0.05, 0) is 31.0 Å². The van der Waals surface area contributed by atoms with E-state index in [0.717, 1.165) is 26.1 Å². The molecule has 1 aliphatic heterocycles. The van der Waals surface area contributed by atoms with Gasteiger partial charge in [-0.3, -0.25) is 0 Å². The molecule has 0 bridgehead atoms. The summed E-state index contributed by atoms with van der Waals surface area (Å²) in [5.41, 5.74) is 2.67. The van der Waals surface area contributed by atoms with Gasteiger partial charge in [-0.15, -0.1) is 0 Å². The minimum absolute atomic E-state index is 0.197. The van der Waals surface area contributed by atoms with E-state index in [1.54, 1.807) is 0 Å². The zero-order valence-corrected chi connectivity index (χ0v) is 12.3. The number of anilines is 1. The van der Waals surface area contributed by atoms with Crippen LogP contribution in [-0.2, 0) is 6.42 Å². The van der Waals surface area contributed by atoms with Gasteiger partial charge in [0.1, 0.15) is 0 Å². The summed E-state index contributed by atoms with van der Waals surface area (Å²) in [6.45, 7) is 7.75. The summed E-state index contributed by atoms with van der Waals surface area (Å²) in [4.78, 5) is 4.74. The maximum atomic E-state index is 9.75. The monoisotopic (exact) mass is 262 g/mol. The molecule has 2 atom stereocenters. The molecule has 0 aliphatic carbocycles. The number of benzene rings is 1. The normalized spacial score (nSPS) is 25.4. The third kappa shape index (κ3) is 3.28. The summed E-state index contributed by atoms with van der Waals surface area (Å²) in [5.74, 6) is 0.617. The average molecular weight is 262 g/mol. The Kier molecular flexibility index (Phi) is 4.83. The largest absolute Gasteiger partial charge is 0.394 e. The van der Waals surface area contributed by atoms with Crippen molar-refractivity contribution in [1.29, 1.82) is 0 Å². The Morgan fingerprint density at radius 2 is 1.95 bits per heavy atom. The van der Waals surface area contributed by atoms with E-state index in [-0.39, 0.29) is 12.6 Å². The number of hydrogen-bond donors (Lipinski definition) is 1. The highest BCUT2D eigenvalue weighted by Gasteiger charge is 2.27. The van der Waals surface area contributed by atoms with Gasteiger partial charge in [-0.2, -0.15) is 0 Å². The number of aliphatic hydroxyl groups is 1. The number of para-hydroxylation sites is 1. The molecule has 0 aromatic heterocycles. The molecule has 0 amide bonds. The van der Waals surface area contributed by atoms with E-state index in [4.69, 9.17) is 0 Å². The second kappa shape index (κ2) is 6.40. The third-order valence-corrected chi connectivity index (χ3v) is 3.99. The Morgan fingerprint density at radius 1 is 1.21 bits per heavy atom. The number of aryl methyl sites for hydroxylation is 1.